The van der Waals surface area contributed by atoms with E-state index in [1.807, 2.05) is 12.1 Å². The average molecular weight is 252 g/mol. The number of aromatic nitrogens is 1. The third-order valence-electron chi connectivity index (χ3n) is 3.50. The van der Waals surface area contributed by atoms with Gasteiger partial charge in [0.2, 0.25) is 0 Å². The summed E-state index contributed by atoms with van der Waals surface area (Å²) in [6.07, 6.45) is 2.74. The standard InChI is InChI=1S/C15H16N4/c1-10-8-11-4-2-3-5-14(11)19(10)12-6-7-18-13(9-12)15(16)17/h2-7,9-10H,8H2,1H3,(H3,16,17). The fraction of sp³-hybridized carbons (Fsp3) is 0.200. The molecular weight excluding hydrogens is 236 g/mol. The van der Waals surface area contributed by atoms with Crippen LogP contribution < -0.4 is 10.6 Å². The van der Waals surface area contributed by atoms with Crippen molar-refractivity contribution in [2.75, 3.05) is 4.90 Å². The molecular formula is C15H16N4. The minimum atomic E-state index is 0.00184. The molecule has 1 aromatic carbocycles. The van der Waals surface area contributed by atoms with E-state index in [0.717, 1.165) is 12.1 Å². The maximum Gasteiger partial charge on any atom is 0.141 e. The molecule has 2 heterocycles. The van der Waals surface area contributed by atoms with Crippen molar-refractivity contribution in [3.05, 3.63) is 53.9 Å². The molecule has 0 spiro atoms. The van der Waals surface area contributed by atoms with Crippen molar-refractivity contribution in [2.24, 2.45) is 5.73 Å². The molecule has 1 aliphatic heterocycles. The smallest absolute Gasteiger partial charge is 0.141 e. The van der Waals surface area contributed by atoms with Crippen molar-refractivity contribution >= 4 is 17.2 Å². The Balaban J connectivity index is 2.07. The summed E-state index contributed by atoms with van der Waals surface area (Å²) in [6, 6.07) is 12.7. The molecule has 96 valence electrons. The molecule has 0 saturated heterocycles. The van der Waals surface area contributed by atoms with Crippen molar-refractivity contribution in [3.63, 3.8) is 0 Å². The molecule has 1 unspecified atom stereocenters. The average Bonchev–Trinajstić information content (AvgIpc) is 2.74. The van der Waals surface area contributed by atoms with E-state index in [4.69, 9.17) is 11.1 Å². The summed E-state index contributed by atoms with van der Waals surface area (Å²) in [7, 11) is 0. The van der Waals surface area contributed by atoms with Crippen LogP contribution in [0.3, 0.4) is 0 Å². The molecule has 2 aromatic rings. The molecule has 0 bridgehead atoms. The van der Waals surface area contributed by atoms with Gasteiger partial charge in [-0.25, -0.2) is 0 Å². The Hall–Kier alpha value is -2.36. The van der Waals surface area contributed by atoms with Gasteiger partial charge in [-0.05, 0) is 37.1 Å². The summed E-state index contributed by atoms with van der Waals surface area (Å²) in [5.41, 5.74) is 9.66. The minimum Gasteiger partial charge on any atom is -0.382 e. The van der Waals surface area contributed by atoms with Gasteiger partial charge in [0.1, 0.15) is 11.5 Å². The van der Waals surface area contributed by atoms with Crippen LogP contribution in [0.2, 0.25) is 0 Å². The topological polar surface area (TPSA) is 66.0 Å². The number of hydrogen-bond acceptors (Lipinski definition) is 3. The van der Waals surface area contributed by atoms with Crippen LogP contribution in [0.5, 0.6) is 0 Å². The van der Waals surface area contributed by atoms with Gasteiger partial charge >= 0.3 is 0 Å². The highest BCUT2D eigenvalue weighted by molar-refractivity contribution is 5.94. The van der Waals surface area contributed by atoms with E-state index in [1.54, 1.807) is 6.20 Å². The van der Waals surface area contributed by atoms with Gasteiger partial charge in [0.25, 0.3) is 0 Å². The van der Waals surface area contributed by atoms with E-state index in [0.29, 0.717) is 11.7 Å². The normalized spacial score (nSPS) is 17.3. The number of amidine groups is 1. The lowest BCUT2D eigenvalue weighted by Crippen LogP contribution is -2.24. The van der Waals surface area contributed by atoms with E-state index in [9.17, 15) is 0 Å². The number of rotatable bonds is 2. The lowest BCUT2D eigenvalue weighted by Gasteiger charge is -2.25. The van der Waals surface area contributed by atoms with Gasteiger partial charge in [-0.3, -0.25) is 10.4 Å². The van der Waals surface area contributed by atoms with E-state index < -0.39 is 0 Å². The second-order valence-electron chi connectivity index (χ2n) is 4.86. The predicted molar refractivity (Wildman–Crippen MR) is 77.0 cm³/mol. The molecule has 1 atom stereocenters. The predicted octanol–water partition coefficient (Wildman–Crippen LogP) is 2.45. The fourth-order valence-electron chi connectivity index (χ4n) is 2.68. The summed E-state index contributed by atoms with van der Waals surface area (Å²) in [5.74, 6) is 0.00184. The molecule has 1 aliphatic rings. The first kappa shape index (κ1) is 11.7. The van der Waals surface area contributed by atoms with E-state index in [2.05, 4.69) is 41.1 Å². The van der Waals surface area contributed by atoms with Crippen LogP contribution in [0.1, 0.15) is 18.2 Å². The number of fused-ring (bicyclic) bond motifs is 1. The number of anilines is 2. The first-order chi connectivity index (χ1) is 9.16. The first-order valence-corrected chi connectivity index (χ1v) is 6.34. The Bertz CT molecular complexity index is 636. The maximum atomic E-state index is 7.49. The number of benzene rings is 1. The molecule has 0 amide bonds. The van der Waals surface area contributed by atoms with Gasteiger partial charge in [0.05, 0.1) is 0 Å². The van der Waals surface area contributed by atoms with Crippen molar-refractivity contribution < 1.29 is 0 Å². The number of para-hydroxylation sites is 1. The van der Waals surface area contributed by atoms with Gasteiger partial charge in [-0.15, -0.1) is 0 Å². The number of pyridine rings is 1. The highest BCUT2D eigenvalue weighted by atomic mass is 15.2. The molecule has 1 aromatic heterocycles. The van der Waals surface area contributed by atoms with Crippen LogP contribution in [0.25, 0.3) is 0 Å². The maximum absolute atomic E-state index is 7.49. The summed E-state index contributed by atoms with van der Waals surface area (Å²) in [6.45, 7) is 2.20. The Morgan fingerprint density at radius 2 is 2.16 bits per heavy atom. The van der Waals surface area contributed by atoms with Crippen molar-refractivity contribution in [1.29, 1.82) is 5.41 Å². The largest absolute Gasteiger partial charge is 0.382 e. The highest BCUT2D eigenvalue weighted by Gasteiger charge is 2.26. The summed E-state index contributed by atoms with van der Waals surface area (Å²) >= 11 is 0. The van der Waals surface area contributed by atoms with Gasteiger partial charge in [0, 0.05) is 23.6 Å². The molecule has 4 heteroatoms. The van der Waals surface area contributed by atoms with Crippen LogP contribution in [0.15, 0.2) is 42.6 Å². The third kappa shape index (κ3) is 1.95. The molecule has 0 radical (unpaired) electrons. The lowest BCUT2D eigenvalue weighted by atomic mass is 10.1. The summed E-state index contributed by atoms with van der Waals surface area (Å²) in [5, 5.41) is 7.49. The van der Waals surface area contributed by atoms with Crippen molar-refractivity contribution in [3.8, 4) is 0 Å². The van der Waals surface area contributed by atoms with Crippen LogP contribution in [-0.4, -0.2) is 16.9 Å². The fourth-order valence-corrected chi connectivity index (χ4v) is 2.68. The van der Waals surface area contributed by atoms with Gasteiger partial charge in [-0.1, -0.05) is 18.2 Å². The van der Waals surface area contributed by atoms with Crippen LogP contribution in [-0.2, 0) is 6.42 Å². The lowest BCUT2D eigenvalue weighted by molar-refractivity contribution is 0.758. The molecule has 0 saturated carbocycles. The van der Waals surface area contributed by atoms with Gasteiger partial charge in [0.15, 0.2) is 0 Å². The Labute approximate surface area is 112 Å². The Morgan fingerprint density at radius 1 is 1.37 bits per heavy atom. The molecule has 4 nitrogen and oxygen atoms in total. The molecule has 0 fully saturated rings. The van der Waals surface area contributed by atoms with Crippen molar-refractivity contribution in [2.45, 2.75) is 19.4 Å². The molecule has 19 heavy (non-hydrogen) atoms. The summed E-state index contributed by atoms with van der Waals surface area (Å²) < 4.78 is 0. The van der Waals surface area contributed by atoms with Crippen LogP contribution in [0.4, 0.5) is 11.4 Å². The van der Waals surface area contributed by atoms with Crippen LogP contribution >= 0.6 is 0 Å². The highest BCUT2D eigenvalue weighted by Crippen LogP contribution is 2.37. The van der Waals surface area contributed by atoms with E-state index >= 15 is 0 Å². The second-order valence-corrected chi connectivity index (χ2v) is 4.86. The van der Waals surface area contributed by atoms with E-state index in [1.165, 1.54) is 11.3 Å². The number of nitrogens with zero attached hydrogens (tertiary/aromatic N) is 2. The number of nitrogens with two attached hydrogens (primary N) is 1. The molecule has 3 N–H and O–H groups in total. The first-order valence-electron chi connectivity index (χ1n) is 6.34. The number of nitrogens with one attached hydrogen (secondary N) is 1. The Kier molecular flexibility index (Phi) is 2.71. The second kappa shape index (κ2) is 4.39. The third-order valence-corrected chi connectivity index (χ3v) is 3.50. The quantitative estimate of drug-likeness (QED) is 0.637. The minimum absolute atomic E-state index is 0.00184. The Morgan fingerprint density at radius 3 is 2.95 bits per heavy atom. The number of nitrogen functional groups attached to an aromatic ring is 1. The number of hydrogen-bond donors (Lipinski definition) is 2. The van der Waals surface area contributed by atoms with Crippen molar-refractivity contribution in [1.82, 2.24) is 4.98 Å². The van der Waals surface area contributed by atoms with Gasteiger partial charge in [-0.2, -0.15) is 0 Å². The van der Waals surface area contributed by atoms with E-state index in [-0.39, 0.29) is 5.84 Å². The van der Waals surface area contributed by atoms with Crippen LogP contribution in [0, 0.1) is 5.41 Å². The molecule has 3 rings (SSSR count). The molecule has 0 aliphatic carbocycles. The van der Waals surface area contributed by atoms with Gasteiger partial charge < -0.3 is 10.6 Å². The monoisotopic (exact) mass is 252 g/mol. The zero-order valence-corrected chi connectivity index (χ0v) is 10.8. The summed E-state index contributed by atoms with van der Waals surface area (Å²) in [4.78, 5) is 6.40. The zero-order valence-electron chi connectivity index (χ0n) is 10.8. The SMILES string of the molecule is CC1Cc2ccccc2N1c1ccnc(C(=N)N)c1. The zero-order chi connectivity index (χ0) is 13.4.